The summed E-state index contributed by atoms with van der Waals surface area (Å²) in [6.45, 7) is 0.265. The Labute approximate surface area is 171 Å². The van der Waals surface area contributed by atoms with Crippen LogP contribution in [0.1, 0.15) is 20.7 Å². The molecule has 2 amide bonds. The molecule has 4 rings (SSSR count). The first-order valence-corrected chi connectivity index (χ1v) is 9.13. The smallest absolute Gasteiger partial charge is 0.277 e. The van der Waals surface area contributed by atoms with Crippen molar-refractivity contribution in [2.45, 2.75) is 0 Å². The van der Waals surface area contributed by atoms with Crippen molar-refractivity contribution in [1.82, 2.24) is 5.48 Å². The zero-order valence-electron chi connectivity index (χ0n) is 15.7. The highest BCUT2D eigenvalue weighted by molar-refractivity contribution is 6.09. The zero-order valence-corrected chi connectivity index (χ0v) is 15.7. The first-order valence-electron chi connectivity index (χ1n) is 9.13. The summed E-state index contributed by atoms with van der Waals surface area (Å²) in [6.07, 6.45) is 0. The maximum absolute atomic E-state index is 14.0. The fourth-order valence-electron chi connectivity index (χ4n) is 3.18. The Hall–Kier alpha value is -3.91. The van der Waals surface area contributed by atoms with Crippen molar-refractivity contribution in [1.29, 1.82) is 0 Å². The van der Waals surface area contributed by atoms with E-state index in [0.29, 0.717) is 22.7 Å². The van der Waals surface area contributed by atoms with E-state index in [1.165, 1.54) is 17.6 Å². The molecule has 0 radical (unpaired) electrons. The summed E-state index contributed by atoms with van der Waals surface area (Å²) in [7, 11) is 0. The molecule has 0 saturated carbocycles. The van der Waals surface area contributed by atoms with Crippen LogP contribution in [-0.4, -0.2) is 30.2 Å². The van der Waals surface area contributed by atoms with E-state index in [-0.39, 0.29) is 30.4 Å². The Kier molecular flexibility index (Phi) is 5.32. The molecule has 8 heteroatoms. The van der Waals surface area contributed by atoms with Crippen LogP contribution in [0.3, 0.4) is 0 Å². The lowest BCUT2D eigenvalue weighted by Gasteiger charge is -2.22. The van der Waals surface area contributed by atoms with Gasteiger partial charge >= 0.3 is 0 Å². The van der Waals surface area contributed by atoms with E-state index in [1.807, 2.05) is 6.07 Å². The van der Waals surface area contributed by atoms with E-state index in [1.54, 1.807) is 47.4 Å². The number of carbonyl (C=O) groups excluding carboxylic acids is 2. The van der Waals surface area contributed by atoms with Crippen molar-refractivity contribution in [3.05, 3.63) is 83.7 Å². The van der Waals surface area contributed by atoms with Crippen LogP contribution >= 0.6 is 0 Å². The number of para-hydroxylation sites is 3. The predicted molar refractivity (Wildman–Crippen MR) is 106 cm³/mol. The van der Waals surface area contributed by atoms with Crippen molar-refractivity contribution in [2.24, 2.45) is 0 Å². The number of amides is 2. The Morgan fingerprint density at radius 3 is 2.57 bits per heavy atom. The van der Waals surface area contributed by atoms with Crippen molar-refractivity contribution in [3.63, 3.8) is 0 Å². The number of nitrogens with zero attached hydrogens (tertiary/aromatic N) is 1. The van der Waals surface area contributed by atoms with Gasteiger partial charge in [-0.2, -0.15) is 0 Å². The molecule has 0 aliphatic carbocycles. The van der Waals surface area contributed by atoms with Crippen molar-refractivity contribution < 1.29 is 28.7 Å². The Bertz CT molecular complexity index is 1120. The van der Waals surface area contributed by atoms with Gasteiger partial charge in [0, 0.05) is 6.07 Å². The minimum Gasteiger partial charge on any atom is -0.492 e. The number of hydrogen-bond acceptors (Lipinski definition) is 5. The van der Waals surface area contributed by atoms with Crippen molar-refractivity contribution in [3.8, 4) is 17.2 Å². The average molecular weight is 408 g/mol. The molecule has 0 unspecified atom stereocenters. The Morgan fingerprint density at radius 2 is 1.80 bits per heavy atom. The van der Waals surface area contributed by atoms with Crippen molar-refractivity contribution >= 4 is 17.5 Å². The van der Waals surface area contributed by atoms with Gasteiger partial charge in [0.15, 0.2) is 5.75 Å². The van der Waals surface area contributed by atoms with Gasteiger partial charge in [0.25, 0.3) is 11.8 Å². The SMILES string of the molecule is O=C(NO)c1ccc(OCCN2C(=O)c3ccccc3Oc3ccccc32)cc1F. The summed E-state index contributed by atoms with van der Waals surface area (Å²) in [5.41, 5.74) is 2.10. The molecule has 0 saturated heterocycles. The number of hydroxylamine groups is 1. The molecular weight excluding hydrogens is 391 g/mol. The molecule has 3 aromatic carbocycles. The van der Waals surface area contributed by atoms with E-state index < -0.39 is 11.7 Å². The van der Waals surface area contributed by atoms with Crippen LogP contribution in [0.4, 0.5) is 10.1 Å². The van der Waals surface area contributed by atoms with Gasteiger partial charge in [-0.25, -0.2) is 9.87 Å². The normalized spacial score (nSPS) is 12.3. The number of halogens is 1. The van der Waals surface area contributed by atoms with E-state index >= 15 is 0 Å². The molecule has 1 aliphatic heterocycles. The molecule has 1 aliphatic rings. The van der Waals surface area contributed by atoms with Gasteiger partial charge < -0.3 is 14.4 Å². The standard InChI is InChI=1S/C22H17FN2O5/c23-17-13-14(9-10-15(17)21(26)24-28)29-12-11-25-18-6-2-4-8-20(18)30-19-7-3-1-5-16(19)22(25)27/h1-10,13,28H,11-12H2,(H,24,26). The lowest BCUT2D eigenvalue weighted by molar-refractivity contribution is 0.0701. The lowest BCUT2D eigenvalue weighted by Crippen LogP contribution is -2.34. The van der Waals surface area contributed by atoms with Gasteiger partial charge in [0.2, 0.25) is 0 Å². The molecule has 30 heavy (non-hydrogen) atoms. The summed E-state index contributed by atoms with van der Waals surface area (Å²) in [5, 5.41) is 8.62. The zero-order chi connectivity index (χ0) is 21.1. The van der Waals surface area contributed by atoms with E-state index in [4.69, 9.17) is 14.7 Å². The molecule has 2 N–H and O–H groups in total. The third-order valence-electron chi connectivity index (χ3n) is 4.61. The highest BCUT2D eigenvalue weighted by Gasteiger charge is 2.27. The minimum atomic E-state index is -0.954. The van der Waals surface area contributed by atoms with E-state index in [2.05, 4.69) is 0 Å². The molecule has 0 atom stereocenters. The summed E-state index contributed by atoms with van der Waals surface area (Å²) < 4.78 is 25.5. The maximum Gasteiger partial charge on any atom is 0.277 e. The Balaban J connectivity index is 1.53. The van der Waals surface area contributed by atoms with Crippen LogP contribution in [0, 0.1) is 5.82 Å². The topological polar surface area (TPSA) is 88.1 Å². The summed E-state index contributed by atoms with van der Waals surface area (Å²) in [5.74, 6) is -0.823. The van der Waals surface area contributed by atoms with Gasteiger partial charge in [-0.1, -0.05) is 24.3 Å². The van der Waals surface area contributed by atoms with Gasteiger partial charge in [0.05, 0.1) is 23.4 Å². The Morgan fingerprint density at radius 1 is 1.07 bits per heavy atom. The number of rotatable bonds is 5. The summed E-state index contributed by atoms with van der Waals surface area (Å²) >= 11 is 0. The third kappa shape index (κ3) is 3.68. The van der Waals surface area contributed by atoms with Crippen LogP contribution in [0.2, 0.25) is 0 Å². The van der Waals surface area contributed by atoms with Crippen LogP contribution in [-0.2, 0) is 0 Å². The first kappa shape index (κ1) is 19.4. The second kappa shape index (κ2) is 8.22. The molecule has 1 heterocycles. The lowest BCUT2D eigenvalue weighted by atomic mass is 10.1. The molecule has 0 aromatic heterocycles. The minimum absolute atomic E-state index is 0.0766. The summed E-state index contributed by atoms with van der Waals surface area (Å²) in [4.78, 5) is 26.0. The molecular formula is C22H17FN2O5. The van der Waals surface area contributed by atoms with Gasteiger partial charge in [-0.3, -0.25) is 14.8 Å². The molecule has 0 spiro atoms. The van der Waals surface area contributed by atoms with Crippen LogP contribution in [0.5, 0.6) is 17.2 Å². The number of ether oxygens (including phenoxy) is 2. The highest BCUT2D eigenvalue weighted by Crippen LogP contribution is 2.38. The largest absolute Gasteiger partial charge is 0.492 e. The molecule has 0 fully saturated rings. The number of benzene rings is 3. The number of nitrogens with one attached hydrogen (secondary N) is 1. The molecule has 152 valence electrons. The van der Waals surface area contributed by atoms with Crippen molar-refractivity contribution in [2.75, 3.05) is 18.1 Å². The van der Waals surface area contributed by atoms with E-state index in [0.717, 1.165) is 6.07 Å². The van der Waals surface area contributed by atoms with Crippen LogP contribution in [0.25, 0.3) is 0 Å². The predicted octanol–water partition coefficient (Wildman–Crippen LogP) is 3.78. The highest BCUT2D eigenvalue weighted by atomic mass is 19.1. The number of fused-ring (bicyclic) bond motifs is 2. The first-order chi connectivity index (χ1) is 14.6. The van der Waals surface area contributed by atoms with Crippen LogP contribution < -0.4 is 19.9 Å². The van der Waals surface area contributed by atoms with E-state index in [9.17, 15) is 14.0 Å². The fourth-order valence-corrected chi connectivity index (χ4v) is 3.18. The van der Waals surface area contributed by atoms with Gasteiger partial charge in [-0.05, 0) is 36.4 Å². The molecule has 7 nitrogen and oxygen atoms in total. The monoisotopic (exact) mass is 408 g/mol. The number of carbonyl (C=O) groups is 2. The van der Waals surface area contributed by atoms with Crippen LogP contribution in [0.15, 0.2) is 66.7 Å². The summed E-state index contributed by atoms with van der Waals surface area (Å²) in [6, 6.07) is 17.8. The fraction of sp³-hybridized carbons (Fsp3) is 0.0909. The second-order valence-electron chi connectivity index (χ2n) is 6.45. The number of hydrogen-bond donors (Lipinski definition) is 2. The quantitative estimate of drug-likeness (QED) is 0.496. The average Bonchev–Trinajstić information content (AvgIpc) is 2.88. The number of anilines is 1. The van der Waals surface area contributed by atoms with Gasteiger partial charge in [0.1, 0.15) is 23.9 Å². The maximum atomic E-state index is 14.0. The van der Waals surface area contributed by atoms with Gasteiger partial charge in [-0.15, -0.1) is 0 Å². The molecule has 0 bridgehead atoms. The molecule has 3 aromatic rings. The second-order valence-corrected chi connectivity index (χ2v) is 6.45. The third-order valence-corrected chi connectivity index (χ3v) is 4.61.